The van der Waals surface area contributed by atoms with Gasteiger partial charge in [0.2, 0.25) is 6.71 Å². The third-order valence-electron chi connectivity index (χ3n) is 9.77. The van der Waals surface area contributed by atoms with Crippen molar-refractivity contribution in [2.75, 3.05) is 0 Å². The fraction of sp³-hybridized carbons (Fsp3) is 0.167. The summed E-state index contributed by atoms with van der Waals surface area (Å²) in [7, 11) is 0. The predicted octanol–water partition coefficient (Wildman–Crippen LogP) is 7.74. The van der Waals surface area contributed by atoms with E-state index in [-0.39, 0.29) is 17.5 Å². The predicted molar refractivity (Wildman–Crippen MR) is 167 cm³/mol. The number of rotatable bonds is 0. The average molecular weight is 535 g/mol. The van der Waals surface area contributed by atoms with Gasteiger partial charge in [0.05, 0.1) is 0 Å². The van der Waals surface area contributed by atoms with Crippen LogP contribution < -0.4 is 16.4 Å². The van der Waals surface area contributed by atoms with E-state index in [1.807, 2.05) is 23.5 Å². The molecule has 0 nitrogen and oxygen atoms in total. The summed E-state index contributed by atoms with van der Waals surface area (Å²) >= 11 is 4.01. The van der Waals surface area contributed by atoms with E-state index in [9.17, 15) is 0 Å². The van der Waals surface area contributed by atoms with Crippen molar-refractivity contribution in [2.24, 2.45) is 0 Å². The van der Waals surface area contributed by atoms with Gasteiger partial charge in [0.25, 0.3) is 0 Å². The van der Waals surface area contributed by atoms with Crippen molar-refractivity contribution >= 4 is 46.6 Å². The van der Waals surface area contributed by atoms with E-state index in [2.05, 4.69) is 119 Å². The molecule has 0 bridgehead atoms. The van der Waals surface area contributed by atoms with Crippen LogP contribution in [0.15, 0.2) is 111 Å². The third-order valence-corrected chi connectivity index (χ3v) is 12.2. The van der Waals surface area contributed by atoms with Gasteiger partial charge in [-0.05, 0) is 62.1 Å². The molecule has 5 aromatic carbocycles. The monoisotopic (exact) mass is 534 g/mol. The molecule has 186 valence electrons. The van der Waals surface area contributed by atoms with Gasteiger partial charge >= 0.3 is 0 Å². The summed E-state index contributed by atoms with van der Waals surface area (Å²) in [5, 5.41) is 0. The molecule has 39 heavy (non-hydrogen) atoms. The Morgan fingerprint density at radius 2 is 0.949 bits per heavy atom. The molecule has 0 fully saturated rings. The lowest BCUT2D eigenvalue weighted by Gasteiger charge is -2.37. The average Bonchev–Trinajstić information content (AvgIpc) is 3.33. The van der Waals surface area contributed by atoms with E-state index in [1.165, 1.54) is 80.5 Å². The van der Waals surface area contributed by atoms with Crippen molar-refractivity contribution in [1.29, 1.82) is 0 Å². The van der Waals surface area contributed by atoms with Crippen LogP contribution in [0.3, 0.4) is 0 Å². The first-order chi connectivity index (χ1) is 18.9. The molecule has 3 heteroatoms. The van der Waals surface area contributed by atoms with Gasteiger partial charge in [0.1, 0.15) is 0 Å². The Morgan fingerprint density at radius 1 is 0.487 bits per heavy atom. The van der Waals surface area contributed by atoms with Crippen LogP contribution in [0.2, 0.25) is 0 Å². The molecule has 4 aliphatic rings. The fourth-order valence-corrected chi connectivity index (χ4v) is 11.1. The lowest BCUT2D eigenvalue weighted by Crippen LogP contribution is -2.58. The van der Waals surface area contributed by atoms with Gasteiger partial charge < -0.3 is 0 Å². The lowest BCUT2D eigenvalue weighted by atomic mass is 9.36. The molecule has 0 N–H and O–H groups in total. The Bertz CT molecular complexity index is 1790. The van der Waals surface area contributed by atoms with Crippen molar-refractivity contribution in [2.45, 2.75) is 58.1 Å². The van der Waals surface area contributed by atoms with Crippen molar-refractivity contribution in [1.82, 2.24) is 0 Å². The van der Waals surface area contributed by atoms with Crippen molar-refractivity contribution in [3.63, 3.8) is 0 Å². The van der Waals surface area contributed by atoms with Gasteiger partial charge in [-0.2, -0.15) is 0 Å². The van der Waals surface area contributed by atoms with Crippen LogP contribution in [-0.2, 0) is 10.8 Å². The van der Waals surface area contributed by atoms with E-state index >= 15 is 0 Å². The highest BCUT2D eigenvalue weighted by Crippen LogP contribution is 2.55. The van der Waals surface area contributed by atoms with Crippen LogP contribution in [0.4, 0.5) is 0 Å². The molecule has 0 spiro atoms. The van der Waals surface area contributed by atoms with Gasteiger partial charge in [-0.3, -0.25) is 0 Å². The second kappa shape index (κ2) is 7.33. The number of fused-ring (bicyclic) bond motifs is 12. The molecule has 0 amide bonds. The van der Waals surface area contributed by atoms with Gasteiger partial charge in [-0.25, -0.2) is 0 Å². The van der Waals surface area contributed by atoms with Crippen molar-refractivity contribution < 1.29 is 0 Å². The summed E-state index contributed by atoms with van der Waals surface area (Å²) in [6.07, 6.45) is 0. The summed E-state index contributed by atoms with van der Waals surface area (Å²) in [6, 6.07) is 34.8. The second-order valence-electron chi connectivity index (χ2n) is 12.5. The summed E-state index contributed by atoms with van der Waals surface area (Å²) in [5.41, 5.74) is 16.0. The van der Waals surface area contributed by atoms with Gasteiger partial charge in [0, 0.05) is 30.4 Å². The summed E-state index contributed by atoms with van der Waals surface area (Å²) in [4.78, 5) is 5.80. The molecule has 0 saturated carbocycles. The van der Waals surface area contributed by atoms with Gasteiger partial charge in [-0.15, -0.1) is 0 Å². The molecule has 9 rings (SSSR count). The summed E-state index contributed by atoms with van der Waals surface area (Å²) in [6.45, 7) is 9.94. The van der Waals surface area contributed by atoms with Crippen LogP contribution in [0, 0.1) is 0 Å². The topological polar surface area (TPSA) is 0 Å². The molecular weight excluding hydrogens is 507 g/mol. The zero-order valence-electron chi connectivity index (χ0n) is 22.6. The molecule has 5 aromatic rings. The molecule has 2 heterocycles. The number of hydrogen-bond donors (Lipinski definition) is 0. The van der Waals surface area contributed by atoms with Crippen molar-refractivity contribution in [3.05, 3.63) is 113 Å². The highest BCUT2D eigenvalue weighted by Gasteiger charge is 2.46. The SMILES string of the molecule is CC1(C)c2ccccc2-c2ccc3c(c21)Sc1cccc2c1B3c1ccc3c(c1S2)C(C)(C)c1ccccc1-3. The van der Waals surface area contributed by atoms with Crippen LogP contribution >= 0.6 is 23.5 Å². The lowest BCUT2D eigenvalue weighted by molar-refractivity contribution is 0.647. The molecule has 2 aliphatic heterocycles. The van der Waals surface area contributed by atoms with Gasteiger partial charge in [0.15, 0.2) is 0 Å². The Kier molecular flexibility index (Phi) is 4.26. The smallest absolute Gasteiger partial charge is 0.0908 e. The third kappa shape index (κ3) is 2.67. The maximum Gasteiger partial charge on any atom is 0.247 e. The molecule has 0 atom stereocenters. The van der Waals surface area contributed by atoms with Crippen LogP contribution in [0.25, 0.3) is 22.3 Å². The highest BCUT2D eigenvalue weighted by atomic mass is 32.2. The van der Waals surface area contributed by atoms with Crippen LogP contribution in [0.5, 0.6) is 0 Å². The van der Waals surface area contributed by atoms with Crippen LogP contribution in [-0.4, -0.2) is 6.71 Å². The highest BCUT2D eigenvalue weighted by molar-refractivity contribution is 8.01. The molecular formula is C36H27BS2. The maximum absolute atomic E-state index is 2.45. The van der Waals surface area contributed by atoms with Crippen molar-refractivity contribution in [3.8, 4) is 22.3 Å². The minimum absolute atomic E-state index is 0.0206. The molecule has 2 aliphatic carbocycles. The molecule has 0 unspecified atom stereocenters. The van der Waals surface area contributed by atoms with Gasteiger partial charge in [-0.1, -0.05) is 141 Å². The largest absolute Gasteiger partial charge is 0.247 e. The maximum atomic E-state index is 2.45. The van der Waals surface area contributed by atoms with E-state index < -0.39 is 0 Å². The Hall–Kier alpha value is -3.14. The Morgan fingerprint density at radius 3 is 1.44 bits per heavy atom. The minimum Gasteiger partial charge on any atom is -0.0908 e. The molecule has 0 radical (unpaired) electrons. The van der Waals surface area contributed by atoms with E-state index in [4.69, 9.17) is 0 Å². The zero-order chi connectivity index (χ0) is 26.3. The zero-order valence-corrected chi connectivity index (χ0v) is 24.2. The quantitative estimate of drug-likeness (QED) is 0.183. The minimum atomic E-state index is -0.0206. The normalized spacial score (nSPS) is 17.4. The van der Waals surface area contributed by atoms with E-state index in [1.54, 1.807) is 0 Å². The van der Waals surface area contributed by atoms with E-state index in [0.717, 1.165) is 0 Å². The van der Waals surface area contributed by atoms with Crippen LogP contribution in [0.1, 0.15) is 49.9 Å². The second-order valence-corrected chi connectivity index (χ2v) is 14.6. The van der Waals surface area contributed by atoms with E-state index in [0.29, 0.717) is 0 Å². The number of hydrogen-bond acceptors (Lipinski definition) is 2. The summed E-state index contributed by atoms with van der Waals surface area (Å²) in [5.74, 6) is 0. The fourth-order valence-electron chi connectivity index (χ4n) is 8.04. The molecule has 0 saturated heterocycles. The molecule has 0 aromatic heterocycles. The standard InChI is InChI=1S/C36H27BS2/c1-35(2)24-12-7-5-10-20(24)22-16-18-26-33(30(22)35)38-28-14-9-15-29-32(28)37(26)27-19-17-23-21-11-6-8-13-25(21)36(3,4)31(23)34(27)39-29/h5-19H,1-4H3. The Labute approximate surface area is 239 Å². The Balaban J connectivity index is 1.34. The number of benzene rings is 5. The first kappa shape index (κ1) is 22.7. The first-order valence-corrected chi connectivity index (χ1v) is 15.5. The summed E-state index contributed by atoms with van der Waals surface area (Å²) < 4.78 is 0. The first-order valence-electron chi connectivity index (χ1n) is 13.9.